The quantitative estimate of drug-likeness (QED) is 0.732. The maximum atomic E-state index is 14.7. The third-order valence-electron chi connectivity index (χ3n) is 6.01. The topological polar surface area (TPSA) is 92.2 Å². The van der Waals surface area contributed by atoms with Crippen molar-refractivity contribution in [2.45, 2.75) is 50.6 Å². The third-order valence-corrected chi connectivity index (χ3v) is 7.28. The van der Waals surface area contributed by atoms with E-state index in [0.29, 0.717) is 25.0 Å². The van der Waals surface area contributed by atoms with E-state index < -0.39 is 28.4 Å². The Bertz CT molecular complexity index is 1010. The monoisotopic (exact) mass is 442 g/mol. The van der Waals surface area contributed by atoms with E-state index in [-0.39, 0.29) is 25.1 Å². The van der Waals surface area contributed by atoms with Crippen molar-refractivity contribution in [3.8, 4) is 0 Å². The lowest BCUT2D eigenvalue weighted by Gasteiger charge is -2.33. The van der Waals surface area contributed by atoms with Crippen molar-refractivity contribution in [3.63, 3.8) is 0 Å². The smallest absolute Gasteiger partial charge is 0.224 e. The molecule has 0 amide bonds. The summed E-state index contributed by atoms with van der Waals surface area (Å²) in [4.78, 5) is 8.92. The summed E-state index contributed by atoms with van der Waals surface area (Å²) in [6, 6.07) is 1.10. The normalized spacial score (nSPS) is 28.7. The van der Waals surface area contributed by atoms with Crippen LogP contribution in [-0.4, -0.2) is 78.1 Å². The van der Waals surface area contributed by atoms with E-state index in [1.54, 1.807) is 6.20 Å². The number of sulfonamides is 1. The van der Waals surface area contributed by atoms with E-state index in [0.717, 1.165) is 34.6 Å². The van der Waals surface area contributed by atoms with Gasteiger partial charge in [-0.1, -0.05) is 6.92 Å². The summed E-state index contributed by atoms with van der Waals surface area (Å²) in [5, 5.41) is 6.93. The number of nitrogens with one attached hydrogen (secondary N) is 2. The van der Waals surface area contributed by atoms with Crippen LogP contribution in [-0.2, 0) is 16.4 Å². The van der Waals surface area contributed by atoms with Crippen LogP contribution in [0.3, 0.4) is 0 Å². The zero-order valence-corrected chi connectivity index (χ0v) is 18.0. The number of hydrogen-bond donors (Lipinski definition) is 2. The van der Waals surface area contributed by atoms with Gasteiger partial charge in [0.1, 0.15) is 18.0 Å². The number of piperidine rings is 2. The minimum absolute atomic E-state index is 0.187. The molecule has 0 unspecified atom stereocenters. The van der Waals surface area contributed by atoms with Gasteiger partial charge >= 0.3 is 0 Å². The summed E-state index contributed by atoms with van der Waals surface area (Å²) in [7, 11) is -3.42. The first-order valence-corrected chi connectivity index (χ1v) is 12.2. The maximum Gasteiger partial charge on any atom is 0.224 e. The van der Waals surface area contributed by atoms with Crippen LogP contribution in [0.25, 0.3) is 11.0 Å². The molecule has 4 atom stereocenters. The zero-order valence-electron chi connectivity index (χ0n) is 17.2. The molecular weight excluding hydrogens is 414 g/mol. The lowest BCUT2D eigenvalue weighted by molar-refractivity contribution is 0.184. The highest BCUT2D eigenvalue weighted by Gasteiger charge is 2.34. The van der Waals surface area contributed by atoms with Gasteiger partial charge in [-0.05, 0) is 31.9 Å². The Labute approximate surface area is 175 Å². The summed E-state index contributed by atoms with van der Waals surface area (Å²) in [6.07, 6.45) is 2.11. The molecule has 166 valence electrons. The Hall–Kier alpha value is -1.85. The van der Waals surface area contributed by atoms with Crippen LogP contribution in [0.5, 0.6) is 0 Å². The molecule has 2 aromatic heterocycles. The van der Waals surface area contributed by atoms with Gasteiger partial charge in [-0.2, -0.15) is 9.29 Å². The summed E-state index contributed by atoms with van der Waals surface area (Å²) in [6.45, 7) is 3.13. The van der Waals surface area contributed by atoms with Crippen molar-refractivity contribution >= 4 is 27.0 Å². The highest BCUT2D eigenvalue weighted by Crippen LogP contribution is 2.30. The molecule has 2 N–H and O–H groups in total. The number of hydrogen-bond acceptors (Lipinski definition) is 6. The van der Waals surface area contributed by atoms with Crippen molar-refractivity contribution in [2.24, 2.45) is 0 Å². The number of fused-ring (bicyclic) bond motifs is 1. The van der Waals surface area contributed by atoms with Crippen LogP contribution < -0.4 is 10.6 Å². The molecule has 0 aliphatic carbocycles. The zero-order chi connectivity index (χ0) is 21.5. The Morgan fingerprint density at radius 2 is 2.10 bits per heavy atom. The van der Waals surface area contributed by atoms with Crippen LogP contribution in [0.2, 0.25) is 0 Å². The second-order valence-electron chi connectivity index (χ2n) is 8.08. The van der Waals surface area contributed by atoms with Gasteiger partial charge in [-0.3, -0.25) is 0 Å². The molecule has 0 radical (unpaired) electrons. The molecule has 2 fully saturated rings. The van der Waals surface area contributed by atoms with Gasteiger partial charge in [0.2, 0.25) is 16.0 Å². The number of nitrogens with zero attached hydrogens (tertiary/aromatic N) is 4. The number of halogens is 2. The first kappa shape index (κ1) is 21.4. The van der Waals surface area contributed by atoms with Gasteiger partial charge in [0, 0.05) is 36.9 Å². The largest absolute Gasteiger partial charge is 0.348 e. The lowest BCUT2D eigenvalue weighted by Crippen LogP contribution is -2.49. The van der Waals surface area contributed by atoms with Crippen molar-refractivity contribution in [2.75, 3.05) is 37.8 Å². The Morgan fingerprint density at radius 3 is 2.77 bits per heavy atom. The minimum atomic E-state index is -3.42. The minimum Gasteiger partial charge on any atom is -0.348 e. The van der Waals surface area contributed by atoms with Gasteiger partial charge in [-0.25, -0.2) is 22.2 Å². The molecule has 2 aromatic rings. The summed E-state index contributed by atoms with van der Waals surface area (Å²) in [5.41, 5.74) is 1.64. The van der Waals surface area contributed by atoms with E-state index in [9.17, 15) is 17.2 Å². The molecule has 2 aliphatic heterocycles. The second-order valence-corrected chi connectivity index (χ2v) is 10.1. The standard InChI is InChI=1S/C19H28F2N6O2S/c1-3-13-8-12-9-23-19(24-16-5-7-26(11-15(16)21)30(2,28)29)25-18(12)27(13)17-4-6-22-10-14(17)20/h8-9,14-17,22H,3-7,10-11H2,1-2H3,(H,23,24,25)/t14-,15+,16+,17+/m0/s1. The van der Waals surface area contributed by atoms with Crippen molar-refractivity contribution in [1.29, 1.82) is 0 Å². The van der Waals surface area contributed by atoms with E-state index in [1.807, 2.05) is 17.6 Å². The molecule has 0 saturated carbocycles. The van der Waals surface area contributed by atoms with Crippen LogP contribution in [0.4, 0.5) is 14.7 Å². The number of rotatable bonds is 5. The predicted molar refractivity (Wildman–Crippen MR) is 112 cm³/mol. The Balaban J connectivity index is 1.60. The van der Waals surface area contributed by atoms with Crippen LogP contribution in [0.15, 0.2) is 12.3 Å². The van der Waals surface area contributed by atoms with Gasteiger partial charge in [0.05, 0.1) is 18.3 Å². The van der Waals surface area contributed by atoms with Crippen LogP contribution in [0.1, 0.15) is 31.5 Å². The fourth-order valence-corrected chi connectivity index (χ4v) is 5.23. The molecule has 8 nitrogen and oxygen atoms in total. The van der Waals surface area contributed by atoms with Gasteiger partial charge < -0.3 is 15.2 Å². The second kappa shape index (κ2) is 8.35. The lowest BCUT2D eigenvalue weighted by atomic mass is 10.0. The van der Waals surface area contributed by atoms with E-state index >= 15 is 0 Å². The molecule has 2 aliphatic rings. The maximum absolute atomic E-state index is 14.7. The molecule has 0 aromatic carbocycles. The molecule has 0 spiro atoms. The van der Waals surface area contributed by atoms with E-state index in [1.165, 1.54) is 0 Å². The molecular formula is C19H28F2N6O2S. The first-order chi connectivity index (χ1) is 14.3. The van der Waals surface area contributed by atoms with Gasteiger partial charge in [-0.15, -0.1) is 0 Å². The third kappa shape index (κ3) is 4.15. The van der Waals surface area contributed by atoms with Gasteiger partial charge in [0.15, 0.2) is 0 Å². The number of alkyl halides is 2. The predicted octanol–water partition coefficient (Wildman–Crippen LogP) is 1.65. The Kier molecular flexibility index (Phi) is 5.95. The van der Waals surface area contributed by atoms with Gasteiger partial charge in [0.25, 0.3) is 0 Å². The Morgan fingerprint density at radius 1 is 1.30 bits per heavy atom. The van der Waals surface area contributed by atoms with Crippen molar-refractivity contribution in [3.05, 3.63) is 18.0 Å². The fourth-order valence-electron chi connectivity index (χ4n) is 4.38. The average Bonchev–Trinajstić information content (AvgIpc) is 3.07. The molecule has 4 rings (SSSR count). The van der Waals surface area contributed by atoms with E-state index in [4.69, 9.17) is 0 Å². The first-order valence-electron chi connectivity index (χ1n) is 10.3. The van der Waals surface area contributed by atoms with Crippen LogP contribution >= 0.6 is 0 Å². The molecule has 0 bridgehead atoms. The van der Waals surface area contributed by atoms with E-state index in [2.05, 4.69) is 20.6 Å². The molecule has 2 saturated heterocycles. The van der Waals surface area contributed by atoms with Crippen molar-refractivity contribution < 1.29 is 17.2 Å². The summed E-state index contributed by atoms with van der Waals surface area (Å²) in [5.74, 6) is 0.273. The SMILES string of the molecule is CCc1cc2cnc(N[C@@H]3CCN(S(C)(=O)=O)C[C@H]3F)nc2n1[C@@H]1CCNC[C@@H]1F. The molecule has 11 heteroatoms. The highest BCUT2D eigenvalue weighted by molar-refractivity contribution is 7.88. The summed E-state index contributed by atoms with van der Waals surface area (Å²) < 4.78 is 55.7. The molecule has 30 heavy (non-hydrogen) atoms. The average molecular weight is 443 g/mol. The summed E-state index contributed by atoms with van der Waals surface area (Å²) >= 11 is 0. The number of aromatic nitrogens is 3. The highest BCUT2D eigenvalue weighted by atomic mass is 32.2. The molecule has 4 heterocycles. The van der Waals surface area contributed by atoms with Crippen LogP contribution in [0, 0.1) is 0 Å². The van der Waals surface area contributed by atoms with Crippen molar-refractivity contribution in [1.82, 2.24) is 24.2 Å². The number of aryl methyl sites for hydroxylation is 1. The number of anilines is 1. The fraction of sp³-hybridized carbons (Fsp3) is 0.684.